The summed E-state index contributed by atoms with van der Waals surface area (Å²) >= 11 is 1.56. The molecule has 0 spiro atoms. The zero-order chi connectivity index (χ0) is 16.1. The highest BCUT2D eigenvalue weighted by molar-refractivity contribution is 7.99. The van der Waals surface area contributed by atoms with Crippen LogP contribution in [0.3, 0.4) is 0 Å². The minimum atomic E-state index is -0.0311. The molecule has 0 radical (unpaired) electrons. The predicted octanol–water partition coefficient (Wildman–Crippen LogP) is 2.17. The number of ether oxygens (including phenoxy) is 1. The van der Waals surface area contributed by atoms with Gasteiger partial charge >= 0.3 is 0 Å². The Hall–Kier alpha value is -1.79. The van der Waals surface area contributed by atoms with Crippen molar-refractivity contribution in [1.82, 2.24) is 14.5 Å². The minimum Gasteiger partial charge on any atom is -0.368 e. The summed E-state index contributed by atoms with van der Waals surface area (Å²) in [4.78, 5) is 18.5. The molecule has 0 fully saturated rings. The van der Waals surface area contributed by atoms with Crippen LogP contribution in [0.4, 0.5) is 0 Å². The standard InChI is InChI=1S/C17H21N3O2S/c1-23-13-17(21)20-9-15-6-4-8-19(15)10-16(11-20)22-12-14-5-2-3-7-18-14/h2-8,16H,9-13H2,1H3/t16-/m0/s1. The summed E-state index contributed by atoms with van der Waals surface area (Å²) in [7, 11) is 0. The molecule has 1 aliphatic heterocycles. The van der Waals surface area contributed by atoms with Gasteiger partial charge in [0, 0.05) is 24.6 Å². The molecular weight excluding hydrogens is 310 g/mol. The van der Waals surface area contributed by atoms with Crippen LogP contribution in [0.25, 0.3) is 0 Å². The van der Waals surface area contributed by atoms with Gasteiger partial charge in [-0.15, -0.1) is 0 Å². The summed E-state index contributed by atoms with van der Waals surface area (Å²) in [6.07, 6.45) is 5.74. The molecule has 1 aliphatic rings. The van der Waals surface area contributed by atoms with Gasteiger partial charge in [-0.1, -0.05) is 6.07 Å². The number of thioether (sulfide) groups is 1. The first-order valence-electron chi connectivity index (χ1n) is 7.68. The molecule has 2 aromatic rings. The van der Waals surface area contributed by atoms with Crippen molar-refractivity contribution in [2.75, 3.05) is 18.6 Å². The van der Waals surface area contributed by atoms with Crippen LogP contribution in [0.2, 0.25) is 0 Å². The van der Waals surface area contributed by atoms with Crippen molar-refractivity contribution in [1.29, 1.82) is 0 Å². The van der Waals surface area contributed by atoms with E-state index < -0.39 is 0 Å². The van der Waals surface area contributed by atoms with Crippen molar-refractivity contribution in [2.24, 2.45) is 0 Å². The second kappa shape index (κ2) is 7.66. The summed E-state index contributed by atoms with van der Waals surface area (Å²) in [5, 5.41) is 0. The molecule has 0 saturated heterocycles. The number of carbonyl (C=O) groups is 1. The number of pyridine rings is 1. The zero-order valence-corrected chi connectivity index (χ0v) is 14.0. The highest BCUT2D eigenvalue weighted by atomic mass is 32.2. The number of aromatic nitrogens is 2. The maximum Gasteiger partial charge on any atom is 0.232 e. The maximum absolute atomic E-state index is 12.3. The van der Waals surface area contributed by atoms with Crippen LogP contribution in [0.5, 0.6) is 0 Å². The van der Waals surface area contributed by atoms with Gasteiger partial charge in [0.1, 0.15) is 0 Å². The molecule has 5 nitrogen and oxygen atoms in total. The minimum absolute atomic E-state index is 0.0311. The topological polar surface area (TPSA) is 47.4 Å². The van der Waals surface area contributed by atoms with Gasteiger partial charge < -0.3 is 14.2 Å². The van der Waals surface area contributed by atoms with Gasteiger partial charge in [0.2, 0.25) is 5.91 Å². The number of amides is 1. The third kappa shape index (κ3) is 4.14. The second-order valence-corrected chi connectivity index (χ2v) is 6.48. The maximum atomic E-state index is 12.3. The molecule has 0 unspecified atom stereocenters. The smallest absolute Gasteiger partial charge is 0.232 e. The Labute approximate surface area is 140 Å². The molecule has 6 heteroatoms. The number of nitrogens with zero attached hydrogens (tertiary/aromatic N) is 3. The van der Waals surface area contributed by atoms with Gasteiger partial charge in [-0.3, -0.25) is 9.78 Å². The fourth-order valence-electron chi connectivity index (χ4n) is 2.75. The van der Waals surface area contributed by atoms with E-state index in [1.807, 2.05) is 35.4 Å². The van der Waals surface area contributed by atoms with E-state index in [1.54, 1.807) is 18.0 Å². The van der Waals surface area contributed by atoms with Crippen LogP contribution in [0.1, 0.15) is 11.4 Å². The van der Waals surface area contributed by atoms with Crippen molar-refractivity contribution in [3.8, 4) is 0 Å². The highest BCUT2D eigenvalue weighted by Crippen LogP contribution is 2.17. The quantitative estimate of drug-likeness (QED) is 0.842. The zero-order valence-electron chi connectivity index (χ0n) is 13.2. The largest absolute Gasteiger partial charge is 0.368 e. The van der Waals surface area contributed by atoms with E-state index in [0.717, 1.165) is 17.9 Å². The van der Waals surface area contributed by atoms with E-state index in [-0.39, 0.29) is 12.0 Å². The average Bonchev–Trinajstić information content (AvgIpc) is 2.92. The normalized spacial score (nSPS) is 17.6. The summed E-state index contributed by atoms with van der Waals surface area (Å²) in [5.74, 6) is 0.673. The molecule has 3 heterocycles. The molecular formula is C17H21N3O2S. The number of hydrogen-bond donors (Lipinski definition) is 0. The Balaban J connectivity index is 1.70. The number of carbonyl (C=O) groups excluding carboxylic acids is 1. The number of rotatable bonds is 5. The average molecular weight is 331 g/mol. The van der Waals surface area contributed by atoms with Crippen molar-refractivity contribution < 1.29 is 9.53 Å². The lowest BCUT2D eigenvalue weighted by molar-refractivity contribution is -0.131. The van der Waals surface area contributed by atoms with E-state index >= 15 is 0 Å². The van der Waals surface area contributed by atoms with E-state index in [2.05, 4.69) is 21.8 Å². The van der Waals surface area contributed by atoms with Crippen LogP contribution in [-0.2, 0) is 29.2 Å². The Morgan fingerprint density at radius 1 is 1.35 bits per heavy atom. The number of hydrogen-bond acceptors (Lipinski definition) is 4. The molecule has 3 rings (SSSR count). The fraction of sp³-hybridized carbons (Fsp3) is 0.412. The van der Waals surface area contributed by atoms with Crippen LogP contribution >= 0.6 is 11.8 Å². The van der Waals surface area contributed by atoms with E-state index in [4.69, 9.17) is 4.74 Å². The van der Waals surface area contributed by atoms with Crippen LogP contribution < -0.4 is 0 Å². The van der Waals surface area contributed by atoms with Gasteiger partial charge in [-0.2, -0.15) is 11.8 Å². The molecule has 1 amide bonds. The lowest BCUT2D eigenvalue weighted by Crippen LogP contribution is -2.38. The molecule has 0 aromatic carbocycles. The van der Waals surface area contributed by atoms with Crippen LogP contribution in [0.15, 0.2) is 42.7 Å². The molecule has 0 N–H and O–H groups in total. The third-order valence-electron chi connectivity index (χ3n) is 3.91. The van der Waals surface area contributed by atoms with Crippen molar-refractivity contribution in [3.63, 3.8) is 0 Å². The lowest BCUT2D eigenvalue weighted by atomic mass is 10.3. The first kappa shape index (κ1) is 16.1. The summed E-state index contributed by atoms with van der Waals surface area (Å²) < 4.78 is 8.23. The molecule has 0 bridgehead atoms. The first-order valence-corrected chi connectivity index (χ1v) is 9.08. The summed E-state index contributed by atoms with van der Waals surface area (Å²) in [5.41, 5.74) is 2.06. The fourth-order valence-corrected chi connectivity index (χ4v) is 3.18. The van der Waals surface area contributed by atoms with Crippen LogP contribution in [0, 0.1) is 0 Å². The lowest BCUT2D eigenvalue weighted by Gasteiger charge is -2.24. The third-order valence-corrected chi connectivity index (χ3v) is 4.45. The van der Waals surface area contributed by atoms with Gasteiger partial charge in [0.15, 0.2) is 0 Å². The van der Waals surface area contributed by atoms with Gasteiger partial charge in [0.05, 0.1) is 37.2 Å². The second-order valence-electron chi connectivity index (χ2n) is 5.61. The van der Waals surface area contributed by atoms with Gasteiger partial charge in [-0.25, -0.2) is 0 Å². The summed E-state index contributed by atoms with van der Waals surface area (Å²) in [6.45, 7) is 2.49. The Bertz CT molecular complexity index is 644. The van der Waals surface area contributed by atoms with Crippen molar-refractivity contribution in [3.05, 3.63) is 54.1 Å². The molecule has 1 atom stereocenters. The SMILES string of the molecule is CSCC(=O)N1Cc2cccn2C[C@H](OCc2ccccn2)C1. The van der Waals surface area contributed by atoms with Gasteiger partial charge in [0.25, 0.3) is 0 Å². The van der Waals surface area contributed by atoms with E-state index in [1.165, 1.54) is 0 Å². The van der Waals surface area contributed by atoms with Gasteiger partial charge in [-0.05, 0) is 30.5 Å². The van der Waals surface area contributed by atoms with Crippen LogP contribution in [-0.4, -0.2) is 45.0 Å². The Kier molecular flexibility index (Phi) is 5.35. The Morgan fingerprint density at radius 2 is 2.26 bits per heavy atom. The molecule has 23 heavy (non-hydrogen) atoms. The van der Waals surface area contributed by atoms with E-state index in [9.17, 15) is 4.79 Å². The first-order chi connectivity index (χ1) is 11.3. The monoisotopic (exact) mass is 331 g/mol. The van der Waals surface area contributed by atoms with Crippen molar-refractivity contribution in [2.45, 2.75) is 25.8 Å². The highest BCUT2D eigenvalue weighted by Gasteiger charge is 2.25. The van der Waals surface area contributed by atoms with Crippen molar-refractivity contribution >= 4 is 17.7 Å². The molecule has 0 saturated carbocycles. The predicted molar refractivity (Wildman–Crippen MR) is 91.0 cm³/mol. The summed E-state index contributed by atoms with van der Waals surface area (Å²) in [6, 6.07) is 9.89. The Morgan fingerprint density at radius 3 is 3.04 bits per heavy atom. The molecule has 0 aliphatic carbocycles. The van der Waals surface area contributed by atoms with E-state index in [0.29, 0.717) is 25.4 Å². The molecule has 2 aromatic heterocycles. The molecule has 122 valence electrons. The number of fused-ring (bicyclic) bond motifs is 1.